The Labute approximate surface area is 164 Å². The molecule has 2 aromatic carbocycles. The van der Waals surface area contributed by atoms with E-state index in [1.54, 1.807) is 23.7 Å². The van der Waals surface area contributed by atoms with Crippen molar-refractivity contribution in [1.82, 2.24) is 19.3 Å². The molecule has 0 aliphatic carbocycles. The van der Waals surface area contributed by atoms with Gasteiger partial charge in [0.05, 0.1) is 22.7 Å². The van der Waals surface area contributed by atoms with Crippen molar-refractivity contribution in [2.45, 2.75) is 24.4 Å². The molecule has 28 heavy (non-hydrogen) atoms. The molecular formula is C18H22N4O4S2. The normalized spacial score (nSPS) is 13.9. The van der Waals surface area contributed by atoms with Crippen LogP contribution in [0.1, 0.15) is 18.5 Å². The van der Waals surface area contributed by atoms with E-state index in [1.807, 2.05) is 24.3 Å². The molecular weight excluding hydrogens is 400 g/mol. The van der Waals surface area contributed by atoms with Crippen molar-refractivity contribution in [2.24, 2.45) is 0 Å². The van der Waals surface area contributed by atoms with Crippen LogP contribution in [0.2, 0.25) is 0 Å². The van der Waals surface area contributed by atoms with Gasteiger partial charge in [0, 0.05) is 19.3 Å². The number of hydrogen-bond acceptors (Lipinski definition) is 6. The summed E-state index contributed by atoms with van der Waals surface area (Å²) in [5.41, 5.74) is 2.21. The van der Waals surface area contributed by atoms with Gasteiger partial charge in [-0.1, -0.05) is 29.5 Å². The molecule has 3 aromatic rings. The maximum atomic E-state index is 12.8. The van der Waals surface area contributed by atoms with Crippen LogP contribution in [-0.2, 0) is 26.4 Å². The maximum absolute atomic E-state index is 12.8. The quantitative estimate of drug-likeness (QED) is 0.576. The zero-order chi connectivity index (χ0) is 20.5. The lowest BCUT2D eigenvalue weighted by molar-refractivity contribution is 0.396. The minimum absolute atomic E-state index is 0.122. The Bertz CT molecular complexity index is 1190. The molecule has 0 bridgehead atoms. The molecule has 0 saturated carbocycles. The summed E-state index contributed by atoms with van der Waals surface area (Å²) in [5, 5.41) is 8.05. The standard InChI is InChI=1S/C18H22N4O4S2/c1-14(15-8-10-16(11-9-15)27(3,23)24)21(2)28(25,26)13-12-22-18-7-5-4-6-17(18)19-20-22/h4-11,14H,12-13H2,1-3H3. The first kappa shape index (κ1) is 20.4. The van der Waals surface area contributed by atoms with Crippen LogP contribution in [0.5, 0.6) is 0 Å². The summed E-state index contributed by atoms with van der Waals surface area (Å²) >= 11 is 0. The molecule has 8 nitrogen and oxygen atoms in total. The minimum Gasteiger partial charge on any atom is -0.244 e. The average molecular weight is 423 g/mol. The number of fused-ring (bicyclic) bond motifs is 1. The summed E-state index contributed by atoms with van der Waals surface area (Å²) in [6.45, 7) is 1.95. The average Bonchev–Trinajstić information content (AvgIpc) is 3.08. The van der Waals surface area contributed by atoms with E-state index in [0.717, 1.165) is 11.8 Å². The second kappa shape index (κ2) is 7.61. The Balaban J connectivity index is 1.73. The lowest BCUT2D eigenvalue weighted by Crippen LogP contribution is -2.33. The lowest BCUT2D eigenvalue weighted by Gasteiger charge is -2.24. The van der Waals surface area contributed by atoms with Gasteiger partial charge in [-0.3, -0.25) is 0 Å². The Morgan fingerprint density at radius 1 is 1.04 bits per heavy atom. The fraction of sp³-hybridized carbons (Fsp3) is 0.333. The maximum Gasteiger partial charge on any atom is 0.216 e. The Hall–Kier alpha value is -2.30. The molecule has 0 saturated heterocycles. The highest BCUT2D eigenvalue weighted by molar-refractivity contribution is 7.90. The van der Waals surface area contributed by atoms with E-state index in [0.29, 0.717) is 11.1 Å². The first-order chi connectivity index (χ1) is 13.1. The van der Waals surface area contributed by atoms with Gasteiger partial charge in [0.15, 0.2) is 9.84 Å². The molecule has 0 amide bonds. The Morgan fingerprint density at radius 3 is 2.32 bits per heavy atom. The zero-order valence-corrected chi connectivity index (χ0v) is 17.5. The molecule has 1 unspecified atom stereocenters. The number of sulfone groups is 1. The number of nitrogens with zero attached hydrogens (tertiary/aromatic N) is 4. The molecule has 0 fully saturated rings. The summed E-state index contributed by atoms with van der Waals surface area (Å²) in [7, 11) is -5.34. The number of rotatable bonds is 7. The molecule has 0 radical (unpaired) electrons. The van der Waals surface area contributed by atoms with Gasteiger partial charge in [-0.2, -0.15) is 4.31 Å². The predicted octanol–water partition coefficient (Wildman–Crippen LogP) is 1.86. The van der Waals surface area contributed by atoms with E-state index < -0.39 is 25.9 Å². The second-order valence-corrected chi connectivity index (χ2v) is 10.8. The van der Waals surface area contributed by atoms with E-state index in [-0.39, 0.29) is 17.2 Å². The van der Waals surface area contributed by atoms with Crippen LogP contribution >= 0.6 is 0 Å². The zero-order valence-electron chi connectivity index (χ0n) is 15.8. The van der Waals surface area contributed by atoms with Crippen LogP contribution in [0.4, 0.5) is 0 Å². The van der Waals surface area contributed by atoms with Crippen molar-refractivity contribution in [2.75, 3.05) is 19.1 Å². The van der Waals surface area contributed by atoms with Crippen molar-refractivity contribution >= 4 is 30.9 Å². The number of hydrogen-bond donors (Lipinski definition) is 0. The van der Waals surface area contributed by atoms with Crippen molar-refractivity contribution in [3.8, 4) is 0 Å². The van der Waals surface area contributed by atoms with E-state index >= 15 is 0 Å². The monoisotopic (exact) mass is 422 g/mol. The molecule has 0 aliphatic heterocycles. The fourth-order valence-electron chi connectivity index (χ4n) is 2.87. The van der Waals surface area contributed by atoms with E-state index in [9.17, 15) is 16.8 Å². The number of aromatic nitrogens is 3. The molecule has 10 heteroatoms. The lowest BCUT2D eigenvalue weighted by atomic mass is 10.1. The van der Waals surface area contributed by atoms with Gasteiger partial charge in [-0.15, -0.1) is 5.10 Å². The molecule has 0 spiro atoms. The van der Waals surface area contributed by atoms with Gasteiger partial charge in [-0.25, -0.2) is 21.5 Å². The number of sulfonamides is 1. The van der Waals surface area contributed by atoms with E-state index in [4.69, 9.17) is 0 Å². The first-order valence-electron chi connectivity index (χ1n) is 8.63. The van der Waals surface area contributed by atoms with Crippen LogP contribution in [-0.4, -0.2) is 55.2 Å². The molecule has 1 heterocycles. The highest BCUT2D eigenvalue weighted by Crippen LogP contribution is 2.23. The van der Waals surface area contributed by atoms with Gasteiger partial charge in [0.2, 0.25) is 10.0 Å². The minimum atomic E-state index is -3.56. The summed E-state index contributed by atoms with van der Waals surface area (Å²) in [5.74, 6) is -0.122. The summed E-state index contributed by atoms with van der Waals surface area (Å²) in [6, 6.07) is 13.2. The number of benzene rings is 2. The van der Waals surface area contributed by atoms with Crippen molar-refractivity contribution in [3.63, 3.8) is 0 Å². The van der Waals surface area contributed by atoms with Crippen molar-refractivity contribution in [3.05, 3.63) is 54.1 Å². The third-order valence-corrected chi connectivity index (χ3v) is 7.78. The number of aryl methyl sites for hydroxylation is 1. The van der Waals surface area contributed by atoms with Crippen molar-refractivity contribution in [1.29, 1.82) is 0 Å². The van der Waals surface area contributed by atoms with Gasteiger partial charge in [-0.05, 0) is 36.8 Å². The van der Waals surface area contributed by atoms with Crippen LogP contribution < -0.4 is 0 Å². The topological polar surface area (TPSA) is 102 Å². The Kier molecular flexibility index (Phi) is 5.55. The molecule has 150 valence electrons. The summed E-state index contributed by atoms with van der Waals surface area (Å²) < 4.78 is 51.6. The molecule has 1 aromatic heterocycles. The fourth-order valence-corrected chi connectivity index (χ4v) is 4.80. The number of para-hydroxylation sites is 1. The third-order valence-electron chi connectivity index (χ3n) is 4.76. The summed E-state index contributed by atoms with van der Waals surface area (Å²) in [4.78, 5) is 0.201. The highest BCUT2D eigenvalue weighted by atomic mass is 32.2. The van der Waals surface area contributed by atoms with Crippen molar-refractivity contribution < 1.29 is 16.8 Å². The van der Waals surface area contributed by atoms with Gasteiger partial charge in [0.1, 0.15) is 5.52 Å². The Morgan fingerprint density at radius 2 is 1.68 bits per heavy atom. The van der Waals surface area contributed by atoms with Gasteiger partial charge in [0.25, 0.3) is 0 Å². The van der Waals surface area contributed by atoms with E-state index in [2.05, 4.69) is 10.3 Å². The first-order valence-corrected chi connectivity index (χ1v) is 12.1. The van der Waals surface area contributed by atoms with Crippen LogP contribution in [0.3, 0.4) is 0 Å². The third kappa shape index (κ3) is 4.23. The molecule has 0 N–H and O–H groups in total. The van der Waals surface area contributed by atoms with Crippen LogP contribution in [0.25, 0.3) is 11.0 Å². The molecule has 3 rings (SSSR count). The largest absolute Gasteiger partial charge is 0.244 e. The van der Waals surface area contributed by atoms with Crippen LogP contribution in [0, 0.1) is 0 Å². The van der Waals surface area contributed by atoms with Crippen LogP contribution in [0.15, 0.2) is 53.4 Å². The molecule has 1 atom stereocenters. The summed E-state index contributed by atoms with van der Waals surface area (Å²) in [6.07, 6.45) is 1.13. The smallest absolute Gasteiger partial charge is 0.216 e. The van der Waals surface area contributed by atoms with Gasteiger partial charge < -0.3 is 0 Å². The van der Waals surface area contributed by atoms with E-state index in [1.165, 1.54) is 23.5 Å². The SMILES string of the molecule is CC(c1ccc(S(C)(=O)=O)cc1)N(C)S(=O)(=O)CCn1nnc2ccccc21. The highest BCUT2D eigenvalue weighted by Gasteiger charge is 2.25. The molecule has 0 aliphatic rings. The second-order valence-electron chi connectivity index (χ2n) is 6.65. The predicted molar refractivity (Wildman–Crippen MR) is 107 cm³/mol. The van der Waals surface area contributed by atoms with Gasteiger partial charge >= 0.3 is 0 Å².